The Balaban J connectivity index is 1.94. The first-order valence-corrected chi connectivity index (χ1v) is 7.40. The molecule has 102 valence electrons. The van der Waals surface area contributed by atoms with Crippen LogP contribution in [0, 0.1) is 0 Å². The standard InChI is InChI=1S/C14H30N2O/c1-3-16(12-13-17-4-2)11-7-10-15-14-8-5-6-9-14/h14-15H,3-13H2,1-2H3. The number of ether oxygens (including phenoxy) is 1. The fraction of sp³-hybridized carbons (Fsp3) is 1.00. The molecule has 0 aliphatic heterocycles. The van der Waals surface area contributed by atoms with E-state index < -0.39 is 0 Å². The van der Waals surface area contributed by atoms with Crippen molar-refractivity contribution in [1.29, 1.82) is 0 Å². The zero-order valence-electron chi connectivity index (χ0n) is 11.7. The minimum atomic E-state index is 0.813. The van der Waals surface area contributed by atoms with Gasteiger partial charge in [0.2, 0.25) is 0 Å². The maximum atomic E-state index is 5.40. The van der Waals surface area contributed by atoms with Crippen molar-refractivity contribution in [3.63, 3.8) is 0 Å². The number of hydrogen-bond donors (Lipinski definition) is 1. The molecule has 0 saturated heterocycles. The lowest BCUT2D eigenvalue weighted by atomic mass is 10.2. The van der Waals surface area contributed by atoms with Gasteiger partial charge in [-0.1, -0.05) is 19.8 Å². The molecule has 1 aliphatic carbocycles. The molecule has 0 bridgehead atoms. The molecule has 0 aromatic heterocycles. The van der Waals surface area contributed by atoms with Gasteiger partial charge >= 0.3 is 0 Å². The highest BCUT2D eigenvalue weighted by atomic mass is 16.5. The largest absolute Gasteiger partial charge is 0.380 e. The summed E-state index contributed by atoms with van der Waals surface area (Å²) < 4.78 is 5.40. The molecule has 1 aliphatic rings. The van der Waals surface area contributed by atoms with Crippen LogP contribution in [-0.2, 0) is 4.74 Å². The molecule has 0 aromatic rings. The van der Waals surface area contributed by atoms with Crippen molar-refractivity contribution in [2.24, 2.45) is 0 Å². The SMILES string of the molecule is CCOCCN(CC)CCCNC1CCCC1. The molecule has 1 fully saturated rings. The van der Waals surface area contributed by atoms with E-state index in [0.29, 0.717) is 0 Å². The van der Waals surface area contributed by atoms with E-state index in [1.54, 1.807) is 0 Å². The van der Waals surface area contributed by atoms with Gasteiger partial charge in [-0.2, -0.15) is 0 Å². The zero-order valence-corrected chi connectivity index (χ0v) is 11.7. The van der Waals surface area contributed by atoms with Crippen LogP contribution in [0.1, 0.15) is 46.0 Å². The molecule has 17 heavy (non-hydrogen) atoms. The lowest BCUT2D eigenvalue weighted by Gasteiger charge is -2.20. The molecule has 1 saturated carbocycles. The van der Waals surface area contributed by atoms with E-state index in [9.17, 15) is 0 Å². The Hall–Kier alpha value is -0.120. The molecular weight excluding hydrogens is 212 g/mol. The van der Waals surface area contributed by atoms with E-state index in [0.717, 1.165) is 32.3 Å². The summed E-state index contributed by atoms with van der Waals surface area (Å²) in [5.74, 6) is 0. The van der Waals surface area contributed by atoms with Crippen molar-refractivity contribution in [2.75, 3.05) is 39.4 Å². The summed E-state index contributed by atoms with van der Waals surface area (Å²) in [6, 6.07) is 0.813. The molecule has 0 radical (unpaired) electrons. The van der Waals surface area contributed by atoms with Crippen molar-refractivity contribution in [3.05, 3.63) is 0 Å². The van der Waals surface area contributed by atoms with Crippen molar-refractivity contribution in [3.8, 4) is 0 Å². The predicted octanol–water partition coefficient (Wildman–Crippen LogP) is 2.27. The fourth-order valence-electron chi connectivity index (χ4n) is 2.50. The minimum Gasteiger partial charge on any atom is -0.380 e. The summed E-state index contributed by atoms with van der Waals surface area (Å²) in [7, 11) is 0. The molecule has 0 unspecified atom stereocenters. The monoisotopic (exact) mass is 242 g/mol. The first-order chi connectivity index (χ1) is 8.36. The van der Waals surface area contributed by atoms with Crippen molar-refractivity contribution in [2.45, 2.75) is 52.0 Å². The summed E-state index contributed by atoms with van der Waals surface area (Å²) in [6.45, 7) is 10.6. The molecular formula is C14H30N2O. The Kier molecular flexibility index (Phi) is 8.67. The third-order valence-electron chi connectivity index (χ3n) is 3.64. The average molecular weight is 242 g/mol. The molecule has 3 nitrogen and oxygen atoms in total. The van der Waals surface area contributed by atoms with Crippen molar-refractivity contribution in [1.82, 2.24) is 10.2 Å². The molecule has 3 heteroatoms. The molecule has 0 spiro atoms. The van der Waals surface area contributed by atoms with Gasteiger partial charge in [-0.15, -0.1) is 0 Å². The predicted molar refractivity (Wildman–Crippen MR) is 73.5 cm³/mol. The van der Waals surface area contributed by atoms with Gasteiger partial charge in [-0.05, 0) is 45.8 Å². The molecule has 0 heterocycles. The lowest BCUT2D eigenvalue weighted by Crippen LogP contribution is -2.32. The number of rotatable bonds is 10. The fourth-order valence-corrected chi connectivity index (χ4v) is 2.50. The van der Waals surface area contributed by atoms with Crippen molar-refractivity contribution < 1.29 is 4.74 Å². The first-order valence-electron chi connectivity index (χ1n) is 7.40. The Labute approximate surface area is 107 Å². The van der Waals surface area contributed by atoms with Gasteiger partial charge in [0.1, 0.15) is 0 Å². The van der Waals surface area contributed by atoms with Crippen LogP contribution in [-0.4, -0.2) is 50.3 Å². The second-order valence-corrected chi connectivity index (χ2v) is 4.92. The summed E-state index contributed by atoms with van der Waals surface area (Å²) in [4.78, 5) is 2.48. The van der Waals surface area contributed by atoms with Gasteiger partial charge in [0.15, 0.2) is 0 Å². The summed E-state index contributed by atoms with van der Waals surface area (Å²) in [6.07, 6.45) is 6.89. The third kappa shape index (κ3) is 7.02. The van der Waals surface area contributed by atoms with Gasteiger partial charge < -0.3 is 15.0 Å². The molecule has 0 atom stereocenters. The normalized spacial score (nSPS) is 17.1. The maximum Gasteiger partial charge on any atom is 0.0593 e. The first kappa shape index (κ1) is 14.9. The molecule has 1 rings (SSSR count). The summed E-state index contributed by atoms with van der Waals surface area (Å²) >= 11 is 0. The van der Waals surface area contributed by atoms with E-state index in [-0.39, 0.29) is 0 Å². The number of likely N-dealkylation sites (N-methyl/N-ethyl adjacent to an activating group) is 1. The Bertz CT molecular complexity index is 170. The second kappa shape index (κ2) is 9.86. The van der Waals surface area contributed by atoms with Gasteiger partial charge in [0, 0.05) is 19.2 Å². The van der Waals surface area contributed by atoms with Gasteiger partial charge in [-0.25, -0.2) is 0 Å². The molecule has 0 amide bonds. The van der Waals surface area contributed by atoms with Crippen LogP contribution < -0.4 is 5.32 Å². The quantitative estimate of drug-likeness (QED) is 0.595. The topological polar surface area (TPSA) is 24.5 Å². The van der Waals surface area contributed by atoms with Crippen LogP contribution in [0.15, 0.2) is 0 Å². The van der Waals surface area contributed by atoms with Crippen molar-refractivity contribution >= 4 is 0 Å². The van der Waals surface area contributed by atoms with E-state index >= 15 is 0 Å². The van der Waals surface area contributed by atoms with Gasteiger partial charge in [0.25, 0.3) is 0 Å². The maximum absolute atomic E-state index is 5.40. The van der Waals surface area contributed by atoms with Gasteiger partial charge in [0.05, 0.1) is 6.61 Å². The van der Waals surface area contributed by atoms with Crippen LogP contribution in [0.2, 0.25) is 0 Å². The summed E-state index contributed by atoms with van der Waals surface area (Å²) in [5, 5.41) is 3.67. The lowest BCUT2D eigenvalue weighted by molar-refractivity contribution is 0.115. The van der Waals surface area contributed by atoms with Crippen LogP contribution in [0.25, 0.3) is 0 Å². The average Bonchev–Trinajstić information content (AvgIpc) is 2.85. The Morgan fingerprint density at radius 1 is 1.18 bits per heavy atom. The highest BCUT2D eigenvalue weighted by Gasteiger charge is 2.13. The van der Waals surface area contributed by atoms with Gasteiger partial charge in [-0.3, -0.25) is 0 Å². The van der Waals surface area contributed by atoms with Crippen LogP contribution in [0.3, 0.4) is 0 Å². The minimum absolute atomic E-state index is 0.813. The third-order valence-corrected chi connectivity index (χ3v) is 3.64. The highest BCUT2D eigenvalue weighted by molar-refractivity contribution is 4.73. The number of hydrogen-bond acceptors (Lipinski definition) is 3. The summed E-state index contributed by atoms with van der Waals surface area (Å²) in [5.41, 5.74) is 0. The highest BCUT2D eigenvalue weighted by Crippen LogP contribution is 2.17. The van der Waals surface area contributed by atoms with E-state index in [1.807, 2.05) is 0 Å². The van der Waals surface area contributed by atoms with E-state index in [4.69, 9.17) is 4.74 Å². The number of nitrogens with one attached hydrogen (secondary N) is 1. The smallest absolute Gasteiger partial charge is 0.0593 e. The Morgan fingerprint density at radius 3 is 2.59 bits per heavy atom. The Morgan fingerprint density at radius 2 is 1.94 bits per heavy atom. The molecule has 0 aromatic carbocycles. The zero-order chi connectivity index (χ0) is 12.3. The van der Waals surface area contributed by atoms with E-state index in [1.165, 1.54) is 45.2 Å². The molecule has 1 N–H and O–H groups in total. The second-order valence-electron chi connectivity index (χ2n) is 4.92. The van der Waals surface area contributed by atoms with E-state index in [2.05, 4.69) is 24.1 Å². The van der Waals surface area contributed by atoms with Crippen LogP contribution in [0.5, 0.6) is 0 Å². The number of nitrogens with zero attached hydrogens (tertiary/aromatic N) is 1. The van der Waals surface area contributed by atoms with Crippen LogP contribution in [0.4, 0.5) is 0 Å². The van der Waals surface area contributed by atoms with Crippen LogP contribution >= 0.6 is 0 Å².